The van der Waals surface area contributed by atoms with Crippen LogP contribution in [-0.2, 0) is 10.8 Å². The van der Waals surface area contributed by atoms with Crippen LogP contribution in [0.2, 0.25) is 0 Å². The maximum atomic E-state index is 2.47. The van der Waals surface area contributed by atoms with Crippen molar-refractivity contribution in [2.24, 2.45) is 0 Å². The van der Waals surface area contributed by atoms with Crippen molar-refractivity contribution in [1.29, 1.82) is 0 Å². The number of anilines is 3. The smallest absolute Gasteiger partial charge is 0.0714 e. The van der Waals surface area contributed by atoms with Gasteiger partial charge < -0.3 is 4.90 Å². The normalized spacial score (nSPS) is 14.0. The SMILES string of the molecule is C/C=C\C=C\c1ccc(-c2ccc3c(c2)C(C)(C)c2cc(N(c4ccc(-c5ccccc5)cc4)c4ccc5c(c4)C(c4ccccc4)(c4ccccc4)c4ccccc4-5)ccc2-3)cc1. The van der Waals surface area contributed by atoms with Crippen LogP contribution in [-0.4, -0.2) is 0 Å². The van der Waals surface area contributed by atoms with Crippen molar-refractivity contribution in [2.75, 3.05) is 4.90 Å². The monoisotopic (exact) mass is 819 g/mol. The fourth-order valence-electron chi connectivity index (χ4n) is 10.6. The van der Waals surface area contributed by atoms with E-state index < -0.39 is 5.41 Å². The zero-order chi connectivity index (χ0) is 43.3. The predicted molar refractivity (Wildman–Crippen MR) is 271 cm³/mol. The molecule has 0 unspecified atom stereocenters. The summed E-state index contributed by atoms with van der Waals surface area (Å²) in [5, 5.41) is 0. The molecule has 0 amide bonds. The fraction of sp³-hybridized carbons (Fsp3) is 0.0794. The lowest BCUT2D eigenvalue weighted by Gasteiger charge is -2.35. The van der Waals surface area contributed by atoms with Gasteiger partial charge in [0.25, 0.3) is 0 Å². The first-order valence-electron chi connectivity index (χ1n) is 22.5. The molecular formula is C63H49N. The molecule has 2 aliphatic carbocycles. The summed E-state index contributed by atoms with van der Waals surface area (Å²) in [7, 11) is 0. The first-order valence-corrected chi connectivity index (χ1v) is 22.5. The first-order chi connectivity index (χ1) is 31.4. The zero-order valence-corrected chi connectivity index (χ0v) is 36.5. The van der Waals surface area contributed by atoms with E-state index in [2.05, 4.69) is 255 Å². The van der Waals surface area contributed by atoms with Gasteiger partial charge in [0, 0.05) is 22.5 Å². The molecule has 0 aromatic heterocycles. The molecule has 0 saturated carbocycles. The van der Waals surface area contributed by atoms with Crippen molar-refractivity contribution < 1.29 is 0 Å². The van der Waals surface area contributed by atoms with Crippen LogP contribution in [0.1, 0.15) is 59.7 Å². The second-order valence-electron chi connectivity index (χ2n) is 17.6. The average Bonchev–Trinajstić information content (AvgIpc) is 3.77. The highest BCUT2D eigenvalue weighted by Gasteiger charge is 2.46. The van der Waals surface area contributed by atoms with Gasteiger partial charge in [0.05, 0.1) is 5.41 Å². The minimum atomic E-state index is -0.504. The van der Waals surface area contributed by atoms with Gasteiger partial charge in [-0.2, -0.15) is 0 Å². The number of allylic oxidation sites excluding steroid dienone is 3. The van der Waals surface area contributed by atoms with Crippen molar-refractivity contribution in [2.45, 2.75) is 31.6 Å². The van der Waals surface area contributed by atoms with E-state index in [4.69, 9.17) is 0 Å². The third kappa shape index (κ3) is 6.39. The van der Waals surface area contributed by atoms with E-state index in [-0.39, 0.29) is 5.41 Å². The third-order valence-corrected chi connectivity index (χ3v) is 13.7. The summed E-state index contributed by atoms with van der Waals surface area (Å²) in [6.07, 6.45) is 8.35. The van der Waals surface area contributed by atoms with E-state index in [0.29, 0.717) is 0 Å². The van der Waals surface area contributed by atoms with Crippen LogP contribution in [0.5, 0.6) is 0 Å². The highest BCUT2D eigenvalue weighted by Crippen LogP contribution is 2.58. The van der Waals surface area contributed by atoms with Crippen LogP contribution in [0.15, 0.2) is 237 Å². The minimum Gasteiger partial charge on any atom is -0.310 e. The van der Waals surface area contributed by atoms with Gasteiger partial charge in [0.15, 0.2) is 0 Å². The predicted octanol–water partition coefficient (Wildman–Crippen LogP) is 16.7. The van der Waals surface area contributed by atoms with Crippen molar-refractivity contribution in [1.82, 2.24) is 0 Å². The average molecular weight is 820 g/mol. The Labute approximate surface area is 378 Å². The molecule has 0 bridgehead atoms. The number of hydrogen-bond donors (Lipinski definition) is 0. The molecule has 2 aliphatic rings. The molecule has 1 heteroatoms. The summed E-state index contributed by atoms with van der Waals surface area (Å²) in [5.41, 5.74) is 21.7. The summed E-state index contributed by atoms with van der Waals surface area (Å²) in [6, 6.07) is 81.2. The molecule has 0 N–H and O–H groups in total. The number of rotatable bonds is 9. The van der Waals surface area contributed by atoms with Gasteiger partial charge >= 0.3 is 0 Å². The van der Waals surface area contributed by atoms with Gasteiger partial charge in [0.1, 0.15) is 0 Å². The molecule has 9 aromatic carbocycles. The molecule has 0 fully saturated rings. The molecule has 306 valence electrons. The lowest BCUT2D eigenvalue weighted by Crippen LogP contribution is -2.28. The van der Waals surface area contributed by atoms with Gasteiger partial charge in [-0.1, -0.05) is 214 Å². The van der Waals surface area contributed by atoms with E-state index in [9.17, 15) is 0 Å². The number of nitrogens with zero attached hydrogens (tertiary/aromatic N) is 1. The minimum absolute atomic E-state index is 0.218. The first kappa shape index (κ1) is 39.1. The Morgan fingerprint density at radius 3 is 1.45 bits per heavy atom. The molecular weight excluding hydrogens is 771 g/mol. The third-order valence-electron chi connectivity index (χ3n) is 13.7. The van der Waals surface area contributed by atoms with Gasteiger partial charge in [-0.3, -0.25) is 0 Å². The van der Waals surface area contributed by atoms with Crippen molar-refractivity contribution >= 4 is 23.1 Å². The topological polar surface area (TPSA) is 3.24 Å². The Morgan fingerprint density at radius 1 is 0.359 bits per heavy atom. The largest absolute Gasteiger partial charge is 0.310 e. The quantitative estimate of drug-likeness (QED) is 0.131. The van der Waals surface area contributed by atoms with E-state index in [1.165, 1.54) is 83.5 Å². The fourth-order valence-corrected chi connectivity index (χ4v) is 10.6. The second-order valence-corrected chi connectivity index (χ2v) is 17.6. The van der Waals surface area contributed by atoms with Gasteiger partial charge in [-0.25, -0.2) is 0 Å². The Kier molecular flexibility index (Phi) is 9.70. The lowest BCUT2D eigenvalue weighted by atomic mass is 9.67. The van der Waals surface area contributed by atoms with E-state index in [0.717, 1.165) is 17.1 Å². The molecule has 0 atom stereocenters. The van der Waals surface area contributed by atoms with Gasteiger partial charge in [0.2, 0.25) is 0 Å². The highest BCUT2D eigenvalue weighted by atomic mass is 15.1. The van der Waals surface area contributed by atoms with Crippen LogP contribution in [0, 0.1) is 0 Å². The van der Waals surface area contributed by atoms with E-state index in [1.807, 2.05) is 13.0 Å². The maximum Gasteiger partial charge on any atom is 0.0714 e. The Hall–Kier alpha value is -7.74. The van der Waals surface area contributed by atoms with Crippen LogP contribution in [0.25, 0.3) is 50.6 Å². The van der Waals surface area contributed by atoms with E-state index >= 15 is 0 Å². The summed E-state index contributed by atoms with van der Waals surface area (Å²) >= 11 is 0. The van der Waals surface area contributed by atoms with Crippen LogP contribution >= 0.6 is 0 Å². The van der Waals surface area contributed by atoms with Gasteiger partial charge in [-0.05, 0) is 133 Å². The summed E-state index contributed by atoms with van der Waals surface area (Å²) in [6.45, 7) is 6.82. The summed E-state index contributed by atoms with van der Waals surface area (Å²) in [4.78, 5) is 2.47. The van der Waals surface area contributed by atoms with Crippen LogP contribution in [0.4, 0.5) is 17.1 Å². The molecule has 0 aliphatic heterocycles. The van der Waals surface area contributed by atoms with E-state index in [1.54, 1.807) is 0 Å². The molecule has 64 heavy (non-hydrogen) atoms. The number of hydrogen-bond acceptors (Lipinski definition) is 1. The molecule has 0 saturated heterocycles. The molecule has 9 aromatic rings. The number of fused-ring (bicyclic) bond motifs is 6. The highest BCUT2D eigenvalue weighted by molar-refractivity contribution is 5.91. The van der Waals surface area contributed by atoms with Crippen LogP contribution < -0.4 is 4.90 Å². The van der Waals surface area contributed by atoms with Crippen molar-refractivity contribution in [3.63, 3.8) is 0 Å². The molecule has 0 spiro atoms. The molecule has 0 heterocycles. The Balaban J connectivity index is 1.06. The molecule has 0 radical (unpaired) electrons. The Morgan fingerprint density at radius 2 is 0.812 bits per heavy atom. The second kappa shape index (κ2) is 15.9. The van der Waals surface area contributed by atoms with Crippen molar-refractivity contribution in [3.8, 4) is 44.5 Å². The van der Waals surface area contributed by atoms with Crippen molar-refractivity contribution in [3.05, 3.63) is 276 Å². The van der Waals surface area contributed by atoms with Gasteiger partial charge in [-0.15, -0.1) is 0 Å². The molecule has 11 rings (SSSR count). The standard InChI is InChI=1S/C63H49N/c1-4-5-9-18-44-27-29-47(30-28-44)48-33-38-55-56-39-36-52(42-60(56)62(2,3)59(55)41-48)64(51-34-31-46(32-35-51)45-19-10-6-11-20-45)53-37-40-57-54-25-16-17-26-58(54)63(61(57)43-53,49-21-12-7-13-22-49)50-23-14-8-15-24-50/h4-43H,1-3H3/b5-4-,18-9+. The lowest BCUT2D eigenvalue weighted by molar-refractivity contribution is 0.660. The summed E-state index contributed by atoms with van der Waals surface area (Å²) < 4.78 is 0. The molecule has 1 nitrogen and oxygen atoms in total. The Bertz CT molecular complexity index is 3170. The number of benzene rings is 9. The van der Waals surface area contributed by atoms with Crippen LogP contribution in [0.3, 0.4) is 0 Å². The zero-order valence-electron chi connectivity index (χ0n) is 36.5. The maximum absolute atomic E-state index is 2.47. The summed E-state index contributed by atoms with van der Waals surface area (Å²) in [5.74, 6) is 0.